The Balaban J connectivity index is 0.00000261. The van der Waals surface area contributed by atoms with E-state index < -0.39 is 0 Å². The van der Waals surface area contributed by atoms with E-state index in [9.17, 15) is 4.39 Å². The van der Waals surface area contributed by atoms with Crippen LogP contribution in [0.4, 0.5) is 4.39 Å². The molecule has 4 nitrogen and oxygen atoms in total. The predicted molar refractivity (Wildman–Crippen MR) is 108 cm³/mol. The van der Waals surface area contributed by atoms with Crippen molar-refractivity contribution in [1.82, 2.24) is 10.2 Å². The van der Waals surface area contributed by atoms with Crippen molar-refractivity contribution < 1.29 is 13.9 Å². The van der Waals surface area contributed by atoms with Crippen LogP contribution >= 0.6 is 12.4 Å². The van der Waals surface area contributed by atoms with E-state index in [-0.39, 0.29) is 24.3 Å². The van der Waals surface area contributed by atoms with Crippen molar-refractivity contribution in [2.45, 2.75) is 26.1 Å². The fraction of sp³-hybridized carbons (Fsp3) is 0.429. The van der Waals surface area contributed by atoms with Crippen molar-refractivity contribution in [1.29, 1.82) is 0 Å². The Hall–Kier alpha value is -1.66. The first-order valence-electron chi connectivity index (χ1n) is 9.15. The van der Waals surface area contributed by atoms with Crippen LogP contribution < -0.4 is 10.1 Å². The van der Waals surface area contributed by atoms with Gasteiger partial charge in [0.1, 0.15) is 11.6 Å². The molecular formula is C21H28ClFN2O2. The molecule has 0 aliphatic carbocycles. The standard InChI is InChI=1S/C21H27FN2O2.ClH/c1-3-26-15-18-11-16(7-8-21(18)25-2)14-24-10-9-23-13-20(24)17-5-4-6-19(22)12-17;/h4-8,11-12,20,23H,3,9-10,13-15H2,1-2H3;1H. The van der Waals surface area contributed by atoms with E-state index in [2.05, 4.69) is 22.3 Å². The number of hydrogen-bond donors (Lipinski definition) is 1. The number of methoxy groups -OCH3 is 1. The number of nitrogens with one attached hydrogen (secondary N) is 1. The third-order valence-corrected chi connectivity index (χ3v) is 4.78. The molecule has 0 spiro atoms. The van der Waals surface area contributed by atoms with E-state index in [0.29, 0.717) is 13.2 Å². The Bertz CT molecular complexity index is 729. The minimum atomic E-state index is -0.184. The summed E-state index contributed by atoms with van der Waals surface area (Å²) >= 11 is 0. The first-order valence-corrected chi connectivity index (χ1v) is 9.15. The van der Waals surface area contributed by atoms with Crippen LogP contribution in [0, 0.1) is 5.82 Å². The smallest absolute Gasteiger partial charge is 0.124 e. The number of halogens is 2. The summed E-state index contributed by atoms with van der Waals surface area (Å²) in [6.45, 7) is 6.70. The Morgan fingerprint density at radius 2 is 2.07 bits per heavy atom. The molecule has 1 atom stereocenters. The Kier molecular flexibility index (Phi) is 8.51. The van der Waals surface area contributed by atoms with E-state index in [1.54, 1.807) is 19.2 Å². The molecule has 0 saturated carbocycles. The van der Waals surface area contributed by atoms with Gasteiger partial charge in [-0.2, -0.15) is 0 Å². The molecule has 0 radical (unpaired) electrons. The molecule has 1 aliphatic rings. The molecule has 1 aliphatic heterocycles. The lowest BCUT2D eigenvalue weighted by molar-refractivity contribution is 0.131. The maximum absolute atomic E-state index is 13.7. The molecule has 1 unspecified atom stereocenters. The zero-order chi connectivity index (χ0) is 18.4. The highest BCUT2D eigenvalue weighted by Gasteiger charge is 2.24. The predicted octanol–water partition coefficient (Wildman–Crippen LogP) is 3.94. The summed E-state index contributed by atoms with van der Waals surface area (Å²) in [4.78, 5) is 2.40. The maximum Gasteiger partial charge on any atom is 0.124 e. The van der Waals surface area contributed by atoms with E-state index in [1.807, 2.05) is 19.1 Å². The molecule has 148 valence electrons. The van der Waals surface area contributed by atoms with Crippen molar-refractivity contribution in [3.63, 3.8) is 0 Å². The topological polar surface area (TPSA) is 33.7 Å². The second-order valence-electron chi connectivity index (χ2n) is 6.53. The molecule has 2 aromatic carbocycles. The minimum absolute atomic E-state index is 0. The SMILES string of the molecule is CCOCc1cc(CN2CCNCC2c2cccc(F)c2)ccc1OC.Cl. The van der Waals surface area contributed by atoms with Gasteiger partial charge in [-0.25, -0.2) is 4.39 Å². The maximum atomic E-state index is 13.7. The molecule has 1 fully saturated rings. The van der Waals surface area contributed by atoms with Crippen LogP contribution in [0.15, 0.2) is 42.5 Å². The molecule has 1 N–H and O–H groups in total. The Morgan fingerprint density at radius 1 is 1.22 bits per heavy atom. The van der Waals surface area contributed by atoms with Gasteiger partial charge >= 0.3 is 0 Å². The molecule has 2 aromatic rings. The van der Waals surface area contributed by atoms with E-state index in [0.717, 1.165) is 43.1 Å². The normalized spacial score (nSPS) is 17.4. The summed E-state index contributed by atoms with van der Waals surface area (Å²) in [6, 6.07) is 13.3. The summed E-state index contributed by atoms with van der Waals surface area (Å²) in [7, 11) is 1.68. The lowest BCUT2D eigenvalue weighted by Gasteiger charge is -2.36. The third kappa shape index (κ3) is 5.66. The summed E-state index contributed by atoms with van der Waals surface area (Å²) < 4.78 is 24.7. The molecule has 3 rings (SSSR count). The van der Waals surface area contributed by atoms with Crippen LogP contribution in [0.25, 0.3) is 0 Å². The third-order valence-electron chi connectivity index (χ3n) is 4.78. The average molecular weight is 395 g/mol. The number of ether oxygens (including phenoxy) is 2. The van der Waals surface area contributed by atoms with Gasteiger partial charge in [-0.3, -0.25) is 4.90 Å². The van der Waals surface area contributed by atoms with Crippen molar-refractivity contribution in [3.05, 3.63) is 65.0 Å². The largest absolute Gasteiger partial charge is 0.496 e. The zero-order valence-electron chi connectivity index (χ0n) is 15.9. The molecule has 6 heteroatoms. The van der Waals surface area contributed by atoms with E-state index in [1.165, 1.54) is 11.6 Å². The summed E-state index contributed by atoms with van der Waals surface area (Å²) in [6.07, 6.45) is 0. The second kappa shape index (κ2) is 10.6. The van der Waals surface area contributed by atoms with Gasteiger partial charge in [-0.15, -0.1) is 12.4 Å². The van der Waals surface area contributed by atoms with Crippen molar-refractivity contribution in [3.8, 4) is 5.75 Å². The fourth-order valence-electron chi connectivity index (χ4n) is 3.47. The lowest BCUT2D eigenvalue weighted by Crippen LogP contribution is -2.45. The lowest BCUT2D eigenvalue weighted by atomic mass is 10.0. The Labute approximate surface area is 167 Å². The quantitative estimate of drug-likeness (QED) is 0.771. The van der Waals surface area contributed by atoms with Crippen molar-refractivity contribution in [2.75, 3.05) is 33.4 Å². The highest BCUT2D eigenvalue weighted by Crippen LogP contribution is 2.27. The highest BCUT2D eigenvalue weighted by molar-refractivity contribution is 5.85. The number of nitrogens with zero attached hydrogens (tertiary/aromatic N) is 1. The summed E-state index contributed by atoms with van der Waals surface area (Å²) in [5.74, 6) is 0.667. The van der Waals surface area contributed by atoms with Gasteiger partial charge in [0.2, 0.25) is 0 Å². The molecule has 1 heterocycles. The van der Waals surface area contributed by atoms with Gasteiger partial charge in [-0.1, -0.05) is 18.2 Å². The highest BCUT2D eigenvalue weighted by atomic mass is 35.5. The molecule has 1 saturated heterocycles. The van der Waals surface area contributed by atoms with Gasteiger partial charge in [0.15, 0.2) is 0 Å². The first-order chi connectivity index (χ1) is 12.7. The van der Waals surface area contributed by atoms with Gasteiger partial charge < -0.3 is 14.8 Å². The van der Waals surface area contributed by atoms with Gasteiger partial charge in [0.25, 0.3) is 0 Å². The van der Waals surface area contributed by atoms with Crippen LogP contribution in [0.1, 0.15) is 29.7 Å². The number of piperazine rings is 1. The van der Waals surface area contributed by atoms with Crippen molar-refractivity contribution >= 4 is 12.4 Å². The van der Waals surface area contributed by atoms with Crippen LogP contribution in [0.3, 0.4) is 0 Å². The van der Waals surface area contributed by atoms with Crippen LogP contribution in [0.5, 0.6) is 5.75 Å². The van der Waals surface area contributed by atoms with Crippen LogP contribution in [0.2, 0.25) is 0 Å². The van der Waals surface area contributed by atoms with Gasteiger partial charge in [0.05, 0.1) is 13.7 Å². The molecule has 0 aromatic heterocycles. The van der Waals surface area contributed by atoms with Gasteiger partial charge in [-0.05, 0) is 42.3 Å². The van der Waals surface area contributed by atoms with Crippen LogP contribution in [-0.2, 0) is 17.9 Å². The fourth-order valence-corrected chi connectivity index (χ4v) is 3.47. The Morgan fingerprint density at radius 3 is 2.81 bits per heavy atom. The average Bonchev–Trinajstić information content (AvgIpc) is 2.67. The summed E-state index contributed by atoms with van der Waals surface area (Å²) in [5, 5.41) is 3.42. The number of hydrogen-bond acceptors (Lipinski definition) is 4. The number of benzene rings is 2. The van der Waals surface area contributed by atoms with Gasteiger partial charge in [0, 0.05) is 44.4 Å². The zero-order valence-corrected chi connectivity index (χ0v) is 16.7. The molecular weight excluding hydrogens is 367 g/mol. The second-order valence-corrected chi connectivity index (χ2v) is 6.53. The minimum Gasteiger partial charge on any atom is -0.496 e. The van der Waals surface area contributed by atoms with E-state index >= 15 is 0 Å². The summed E-state index contributed by atoms with van der Waals surface area (Å²) in [5.41, 5.74) is 3.29. The number of rotatable bonds is 7. The molecule has 0 amide bonds. The first kappa shape index (κ1) is 21.6. The molecule has 27 heavy (non-hydrogen) atoms. The van der Waals surface area contributed by atoms with Crippen LogP contribution in [-0.4, -0.2) is 38.3 Å². The monoisotopic (exact) mass is 394 g/mol. The molecule has 0 bridgehead atoms. The van der Waals surface area contributed by atoms with E-state index in [4.69, 9.17) is 9.47 Å². The van der Waals surface area contributed by atoms with Crippen molar-refractivity contribution in [2.24, 2.45) is 0 Å².